The number of halogens is 1. The first kappa shape index (κ1) is 14.5. The highest BCUT2D eigenvalue weighted by Gasteiger charge is 2.11. The Morgan fingerprint density at radius 1 is 1.20 bits per heavy atom. The highest BCUT2D eigenvalue weighted by molar-refractivity contribution is 5.49. The van der Waals surface area contributed by atoms with Gasteiger partial charge in [0.1, 0.15) is 5.82 Å². The zero-order valence-corrected chi connectivity index (χ0v) is 12.2. The molecule has 0 aliphatic heterocycles. The lowest BCUT2D eigenvalue weighted by Crippen LogP contribution is -2.18. The summed E-state index contributed by atoms with van der Waals surface area (Å²) in [5.74, 6) is -0.226. The number of nitrogens with two attached hydrogens (primary N) is 1. The normalized spacial score (nSPS) is 12.2. The molecule has 0 fully saturated rings. The molecule has 1 unspecified atom stereocenters. The second-order valence-electron chi connectivity index (χ2n) is 5.28. The van der Waals surface area contributed by atoms with Gasteiger partial charge in [-0.2, -0.15) is 0 Å². The van der Waals surface area contributed by atoms with Gasteiger partial charge in [-0.15, -0.1) is 0 Å². The molecule has 2 nitrogen and oxygen atoms in total. The minimum Gasteiger partial charge on any atom is -0.368 e. The summed E-state index contributed by atoms with van der Waals surface area (Å²) < 4.78 is 14.2. The van der Waals surface area contributed by atoms with Gasteiger partial charge in [0.2, 0.25) is 0 Å². The lowest BCUT2D eigenvalue weighted by molar-refractivity contribution is 0.617. The first-order chi connectivity index (χ1) is 9.49. The van der Waals surface area contributed by atoms with Crippen LogP contribution in [0.5, 0.6) is 0 Å². The fourth-order valence-corrected chi connectivity index (χ4v) is 2.24. The van der Waals surface area contributed by atoms with Gasteiger partial charge in [-0.25, -0.2) is 4.39 Å². The molecule has 2 rings (SSSR count). The highest BCUT2D eigenvalue weighted by atomic mass is 19.1. The van der Waals surface area contributed by atoms with Crippen molar-refractivity contribution in [3.05, 3.63) is 65.0 Å². The van der Waals surface area contributed by atoms with Crippen molar-refractivity contribution in [2.75, 3.05) is 11.9 Å². The lowest BCUT2D eigenvalue weighted by Gasteiger charge is -2.22. The first-order valence-corrected chi connectivity index (χ1v) is 6.79. The number of hydrogen-bond acceptors (Lipinski definition) is 2. The van der Waals surface area contributed by atoms with E-state index in [0.29, 0.717) is 12.2 Å². The summed E-state index contributed by atoms with van der Waals surface area (Å²) in [7, 11) is 1.90. The van der Waals surface area contributed by atoms with Crippen molar-refractivity contribution in [2.24, 2.45) is 5.73 Å². The summed E-state index contributed by atoms with van der Waals surface area (Å²) in [5.41, 5.74) is 9.60. The summed E-state index contributed by atoms with van der Waals surface area (Å²) in [6.07, 6.45) is 0. The largest absolute Gasteiger partial charge is 0.368 e. The van der Waals surface area contributed by atoms with Gasteiger partial charge < -0.3 is 10.6 Å². The van der Waals surface area contributed by atoms with Crippen molar-refractivity contribution in [1.82, 2.24) is 0 Å². The van der Waals surface area contributed by atoms with Crippen LogP contribution in [-0.2, 0) is 6.54 Å². The average Bonchev–Trinajstić information content (AvgIpc) is 2.41. The molecule has 0 saturated heterocycles. The Bertz CT molecular complexity index is 593. The molecule has 0 radical (unpaired) electrons. The molecule has 106 valence electrons. The van der Waals surface area contributed by atoms with Crippen LogP contribution in [0.2, 0.25) is 0 Å². The molecule has 3 heteroatoms. The van der Waals surface area contributed by atoms with Crippen molar-refractivity contribution in [3.63, 3.8) is 0 Å². The predicted molar refractivity (Wildman–Crippen MR) is 82.3 cm³/mol. The van der Waals surface area contributed by atoms with Crippen LogP contribution in [0, 0.1) is 12.7 Å². The molecule has 2 N–H and O–H groups in total. The summed E-state index contributed by atoms with van der Waals surface area (Å²) in [6, 6.07) is 13.2. The number of nitrogens with zero attached hydrogens (tertiary/aromatic N) is 1. The van der Waals surface area contributed by atoms with Crippen molar-refractivity contribution < 1.29 is 4.39 Å². The van der Waals surface area contributed by atoms with Gasteiger partial charge in [-0.1, -0.05) is 30.3 Å². The molecule has 2 aromatic carbocycles. The molecule has 0 bridgehead atoms. The third kappa shape index (κ3) is 3.17. The van der Waals surface area contributed by atoms with Crippen molar-refractivity contribution >= 4 is 5.69 Å². The van der Waals surface area contributed by atoms with Crippen LogP contribution in [0.25, 0.3) is 0 Å². The summed E-state index contributed by atoms with van der Waals surface area (Å²) in [4.78, 5) is 1.92. The van der Waals surface area contributed by atoms with Gasteiger partial charge in [0.15, 0.2) is 0 Å². The maximum atomic E-state index is 14.2. The van der Waals surface area contributed by atoms with Crippen LogP contribution in [0.3, 0.4) is 0 Å². The Morgan fingerprint density at radius 3 is 2.50 bits per heavy atom. The maximum Gasteiger partial charge on any atom is 0.146 e. The van der Waals surface area contributed by atoms with E-state index in [1.54, 1.807) is 6.07 Å². The number of benzene rings is 2. The van der Waals surface area contributed by atoms with E-state index in [-0.39, 0.29) is 11.9 Å². The molecular formula is C17H21FN2. The second kappa shape index (κ2) is 6.06. The van der Waals surface area contributed by atoms with E-state index in [2.05, 4.69) is 19.1 Å². The molecule has 0 aromatic heterocycles. The van der Waals surface area contributed by atoms with Crippen LogP contribution >= 0.6 is 0 Å². The second-order valence-corrected chi connectivity index (χ2v) is 5.28. The van der Waals surface area contributed by atoms with E-state index < -0.39 is 0 Å². The Kier molecular flexibility index (Phi) is 4.40. The van der Waals surface area contributed by atoms with Crippen LogP contribution in [0.15, 0.2) is 42.5 Å². The fraction of sp³-hybridized carbons (Fsp3) is 0.294. The molecular weight excluding hydrogens is 251 g/mol. The zero-order chi connectivity index (χ0) is 14.7. The monoisotopic (exact) mass is 272 g/mol. The van der Waals surface area contributed by atoms with Gasteiger partial charge in [0, 0.05) is 19.6 Å². The van der Waals surface area contributed by atoms with E-state index >= 15 is 0 Å². The summed E-state index contributed by atoms with van der Waals surface area (Å²) in [5, 5.41) is 0. The van der Waals surface area contributed by atoms with Gasteiger partial charge >= 0.3 is 0 Å². The fourth-order valence-electron chi connectivity index (χ4n) is 2.24. The van der Waals surface area contributed by atoms with Crippen LogP contribution in [-0.4, -0.2) is 7.05 Å². The quantitative estimate of drug-likeness (QED) is 0.917. The number of hydrogen-bond donors (Lipinski definition) is 1. The number of anilines is 1. The Balaban J connectivity index is 2.21. The maximum absolute atomic E-state index is 14.2. The van der Waals surface area contributed by atoms with Crippen LogP contribution in [0.1, 0.15) is 29.7 Å². The lowest BCUT2D eigenvalue weighted by atomic mass is 10.1. The zero-order valence-electron chi connectivity index (χ0n) is 12.2. The van der Waals surface area contributed by atoms with Crippen LogP contribution < -0.4 is 10.6 Å². The summed E-state index contributed by atoms with van der Waals surface area (Å²) in [6.45, 7) is 4.60. The van der Waals surface area contributed by atoms with E-state index in [0.717, 1.165) is 5.56 Å². The number of rotatable bonds is 4. The third-order valence-electron chi connectivity index (χ3n) is 3.58. The minimum atomic E-state index is -0.226. The first-order valence-electron chi connectivity index (χ1n) is 6.79. The summed E-state index contributed by atoms with van der Waals surface area (Å²) >= 11 is 0. The Hall–Kier alpha value is -1.87. The molecule has 0 aliphatic rings. The van der Waals surface area contributed by atoms with Gasteiger partial charge in [-0.05, 0) is 42.7 Å². The molecule has 0 aliphatic carbocycles. The smallest absolute Gasteiger partial charge is 0.146 e. The molecule has 2 aromatic rings. The van der Waals surface area contributed by atoms with Crippen LogP contribution in [0.4, 0.5) is 10.1 Å². The van der Waals surface area contributed by atoms with E-state index in [1.807, 2.05) is 37.1 Å². The van der Waals surface area contributed by atoms with E-state index in [1.165, 1.54) is 17.2 Å². The van der Waals surface area contributed by atoms with E-state index in [9.17, 15) is 4.39 Å². The minimum absolute atomic E-state index is 0.153. The van der Waals surface area contributed by atoms with Crippen molar-refractivity contribution in [1.29, 1.82) is 0 Å². The SMILES string of the molecule is Cc1ccccc1CN(C)c1ccc(C(C)N)cc1F. The molecule has 0 amide bonds. The Labute approximate surface area is 120 Å². The molecule has 1 atom stereocenters. The van der Waals surface area contributed by atoms with Crippen molar-refractivity contribution in [2.45, 2.75) is 26.4 Å². The molecule has 20 heavy (non-hydrogen) atoms. The predicted octanol–water partition coefficient (Wildman–Crippen LogP) is 3.79. The van der Waals surface area contributed by atoms with Crippen molar-refractivity contribution in [3.8, 4) is 0 Å². The van der Waals surface area contributed by atoms with E-state index in [4.69, 9.17) is 5.73 Å². The third-order valence-corrected chi connectivity index (χ3v) is 3.58. The molecule has 0 heterocycles. The topological polar surface area (TPSA) is 29.3 Å². The number of aryl methyl sites for hydroxylation is 1. The Morgan fingerprint density at radius 2 is 1.90 bits per heavy atom. The van der Waals surface area contributed by atoms with Gasteiger partial charge in [-0.3, -0.25) is 0 Å². The average molecular weight is 272 g/mol. The standard InChI is InChI=1S/C17H21FN2/c1-12-6-4-5-7-15(12)11-20(3)17-9-8-14(13(2)19)10-16(17)18/h4-10,13H,11,19H2,1-3H3. The highest BCUT2D eigenvalue weighted by Crippen LogP contribution is 2.23. The molecule has 0 spiro atoms. The van der Waals surface area contributed by atoms with Gasteiger partial charge in [0.05, 0.1) is 5.69 Å². The molecule has 0 saturated carbocycles. The van der Waals surface area contributed by atoms with Gasteiger partial charge in [0.25, 0.3) is 0 Å².